The van der Waals surface area contributed by atoms with Gasteiger partial charge in [-0.15, -0.1) is 0 Å². The van der Waals surface area contributed by atoms with Crippen LogP contribution in [-0.2, 0) is 7.05 Å². The molecule has 17 heavy (non-hydrogen) atoms. The van der Waals surface area contributed by atoms with Gasteiger partial charge in [0.05, 0.1) is 24.4 Å². The molecule has 96 valence electrons. The summed E-state index contributed by atoms with van der Waals surface area (Å²) in [5, 5.41) is 4.43. The normalized spacial score (nSPS) is 18.6. The molecular formula is C12H22N4O. The van der Waals surface area contributed by atoms with E-state index in [4.69, 9.17) is 10.5 Å². The number of nitrogens with two attached hydrogens (primary N) is 1. The number of ether oxygens (including phenoxy) is 1. The third kappa shape index (κ3) is 2.17. The van der Waals surface area contributed by atoms with E-state index in [1.54, 1.807) is 11.8 Å². The van der Waals surface area contributed by atoms with E-state index in [0.29, 0.717) is 6.54 Å². The van der Waals surface area contributed by atoms with Crippen molar-refractivity contribution < 1.29 is 4.74 Å². The summed E-state index contributed by atoms with van der Waals surface area (Å²) in [6.07, 6.45) is 2.52. The zero-order chi connectivity index (χ0) is 12.4. The van der Waals surface area contributed by atoms with E-state index < -0.39 is 0 Å². The van der Waals surface area contributed by atoms with Crippen LogP contribution in [0, 0.1) is 6.92 Å². The largest absolute Gasteiger partial charge is 0.481 e. The molecule has 1 fully saturated rings. The number of likely N-dealkylation sites (tertiary alicyclic amines) is 1. The number of aromatic nitrogens is 2. The Morgan fingerprint density at radius 3 is 2.59 bits per heavy atom. The second-order valence-electron chi connectivity index (χ2n) is 4.63. The van der Waals surface area contributed by atoms with Gasteiger partial charge < -0.3 is 10.5 Å². The molecule has 2 heterocycles. The molecule has 2 N–H and O–H groups in total. The third-order valence-corrected chi connectivity index (χ3v) is 3.55. The van der Waals surface area contributed by atoms with Crippen molar-refractivity contribution in [1.82, 2.24) is 14.7 Å². The van der Waals surface area contributed by atoms with Gasteiger partial charge in [0, 0.05) is 13.6 Å². The predicted molar refractivity (Wildman–Crippen MR) is 67.1 cm³/mol. The molecule has 0 aliphatic carbocycles. The fraction of sp³-hybridized carbons (Fsp3) is 0.750. The molecule has 0 aromatic carbocycles. The maximum absolute atomic E-state index is 5.95. The summed E-state index contributed by atoms with van der Waals surface area (Å²) in [5.41, 5.74) is 8.12. The first-order valence-electron chi connectivity index (χ1n) is 6.20. The molecule has 1 aliphatic rings. The Kier molecular flexibility index (Phi) is 3.69. The van der Waals surface area contributed by atoms with E-state index in [1.165, 1.54) is 12.8 Å². The third-order valence-electron chi connectivity index (χ3n) is 3.55. The Morgan fingerprint density at radius 2 is 2.06 bits per heavy atom. The highest BCUT2D eigenvalue weighted by molar-refractivity contribution is 5.34. The van der Waals surface area contributed by atoms with E-state index >= 15 is 0 Å². The maximum Gasteiger partial charge on any atom is 0.216 e. The number of hydrogen-bond acceptors (Lipinski definition) is 4. The van der Waals surface area contributed by atoms with Crippen molar-refractivity contribution in [3.8, 4) is 5.88 Å². The minimum absolute atomic E-state index is 0.237. The van der Waals surface area contributed by atoms with Crippen molar-refractivity contribution >= 4 is 0 Å². The number of hydrogen-bond donors (Lipinski definition) is 1. The van der Waals surface area contributed by atoms with Crippen molar-refractivity contribution in [2.75, 3.05) is 26.7 Å². The standard InChI is InChI=1S/C12H22N4O/c1-9-11(12(17-3)15(2)14-9)10(8-13)16-6-4-5-7-16/h10H,4-8,13H2,1-3H3. The highest BCUT2D eigenvalue weighted by atomic mass is 16.5. The number of methoxy groups -OCH3 is 1. The summed E-state index contributed by atoms with van der Waals surface area (Å²) >= 11 is 0. The molecule has 5 heteroatoms. The summed E-state index contributed by atoms with van der Waals surface area (Å²) in [4.78, 5) is 2.44. The van der Waals surface area contributed by atoms with Crippen LogP contribution < -0.4 is 10.5 Å². The van der Waals surface area contributed by atoms with Gasteiger partial charge in [-0.25, -0.2) is 4.68 Å². The van der Waals surface area contributed by atoms with Crippen LogP contribution in [0.1, 0.15) is 30.1 Å². The molecule has 5 nitrogen and oxygen atoms in total. The molecular weight excluding hydrogens is 216 g/mol. The lowest BCUT2D eigenvalue weighted by molar-refractivity contribution is 0.243. The van der Waals surface area contributed by atoms with Crippen molar-refractivity contribution in [2.45, 2.75) is 25.8 Å². The molecule has 0 saturated carbocycles. The molecule has 1 aliphatic heterocycles. The van der Waals surface area contributed by atoms with Crippen LogP contribution in [0.25, 0.3) is 0 Å². The second kappa shape index (κ2) is 5.06. The number of nitrogens with zero attached hydrogens (tertiary/aromatic N) is 3. The Hall–Kier alpha value is -1.07. The first-order chi connectivity index (χ1) is 8.19. The molecule has 1 saturated heterocycles. The molecule has 1 aromatic heterocycles. The van der Waals surface area contributed by atoms with E-state index in [-0.39, 0.29) is 6.04 Å². The average molecular weight is 238 g/mol. The Labute approximate surface area is 103 Å². The van der Waals surface area contributed by atoms with Crippen LogP contribution in [0.5, 0.6) is 5.88 Å². The van der Waals surface area contributed by atoms with Gasteiger partial charge in [0.1, 0.15) is 0 Å². The summed E-state index contributed by atoms with van der Waals surface area (Å²) < 4.78 is 7.25. The minimum Gasteiger partial charge on any atom is -0.481 e. The quantitative estimate of drug-likeness (QED) is 0.844. The minimum atomic E-state index is 0.237. The van der Waals surface area contributed by atoms with Gasteiger partial charge in [0.2, 0.25) is 5.88 Å². The average Bonchev–Trinajstić information content (AvgIpc) is 2.90. The monoisotopic (exact) mass is 238 g/mol. The van der Waals surface area contributed by atoms with Crippen LogP contribution in [0.4, 0.5) is 0 Å². The molecule has 0 radical (unpaired) electrons. The van der Waals surface area contributed by atoms with Gasteiger partial charge in [-0.05, 0) is 32.9 Å². The van der Waals surface area contributed by atoms with Gasteiger partial charge in [0.25, 0.3) is 0 Å². The van der Waals surface area contributed by atoms with Gasteiger partial charge in [-0.1, -0.05) is 0 Å². The zero-order valence-electron chi connectivity index (χ0n) is 10.9. The summed E-state index contributed by atoms with van der Waals surface area (Å²) in [5.74, 6) is 0.838. The Balaban J connectivity index is 2.35. The van der Waals surface area contributed by atoms with Crippen molar-refractivity contribution in [3.05, 3.63) is 11.3 Å². The predicted octanol–water partition coefficient (Wildman–Crippen LogP) is 0.833. The lowest BCUT2D eigenvalue weighted by Crippen LogP contribution is -2.31. The Bertz CT molecular complexity index is 382. The molecule has 2 rings (SSSR count). The SMILES string of the molecule is COc1c(C(CN)N2CCCC2)c(C)nn1C. The van der Waals surface area contributed by atoms with Crippen molar-refractivity contribution in [2.24, 2.45) is 12.8 Å². The van der Waals surface area contributed by atoms with Crippen LogP contribution in [0.2, 0.25) is 0 Å². The summed E-state index contributed by atoms with van der Waals surface area (Å²) in [6, 6.07) is 0.237. The lowest BCUT2D eigenvalue weighted by Gasteiger charge is -2.26. The topological polar surface area (TPSA) is 56.3 Å². The van der Waals surface area contributed by atoms with Gasteiger partial charge in [-0.2, -0.15) is 5.10 Å². The van der Waals surface area contributed by atoms with Gasteiger partial charge in [-0.3, -0.25) is 4.90 Å². The highest BCUT2D eigenvalue weighted by Gasteiger charge is 2.28. The van der Waals surface area contributed by atoms with Crippen molar-refractivity contribution in [3.63, 3.8) is 0 Å². The molecule has 0 spiro atoms. The smallest absolute Gasteiger partial charge is 0.216 e. The zero-order valence-corrected chi connectivity index (χ0v) is 10.9. The lowest BCUT2D eigenvalue weighted by atomic mass is 10.1. The van der Waals surface area contributed by atoms with Gasteiger partial charge >= 0.3 is 0 Å². The second-order valence-corrected chi connectivity index (χ2v) is 4.63. The fourth-order valence-electron chi connectivity index (χ4n) is 2.78. The van der Waals surface area contributed by atoms with E-state index in [2.05, 4.69) is 10.00 Å². The van der Waals surface area contributed by atoms with Crippen LogP contribution in [0.15, 0.2) is 0 Å². The molecule has 1 atom stereocenters. The van der Waals surface area contributed by atoms with Crippen LogP contribution in [0.3, 0.4) is 0 Å². The summed E-state index contributed by atoms with van der Waals surface area (Å²) in [6.45, 7) is 4.89. The van der Waals surface area contributed by atoms with Crippen LogP contribution in [-0.4, -0.2) is 41.4 Å². The van der Waals surface area contributed by atoms with E-state index in [1.807, 2.05) is 14.0 Å². The van der Waals surface area contributed by atoms with E-state index in [9.17, 15) is 0 Å². The maximum atomic E-state index is 5.95. The fourth-order valence-corrected chi connectivity index (χ4v) is 2.78. The molecule has 1 unspecified atom stereocenters. The molecule has 0 bridgehead atoms. The summed E-state index contributed by atoms with van der Waals surface area (Å²) in [7, 11) is 3.60. The van der Waals surface area contributed by atoms with Crippen molar-refractivity contribution in [1.29, 1.82) is 0 Å². The number of aryl methyl sites for hydroxylation is 2. The first-order valence-corrected chi connectivity index (χ1v) is 6.20. The van der Waals surface area contributed by atoms with E-state index in [0.717, 1.165) is 30.2 Å². The Morgan fingerprint density at radius 1 is 1.41 bits per heavy atom. The first kappa shape index (κ1) is 12.4. The molecule has 0 amide bonds. The number of rotatable bonds is 4. The van der Waals surface area contributed by atoms with Crippen LogP contribution >= 0.6 is 0 Å². The highest BCUT2D eigenvalue weighted by Crippen LogP contribution is 2.33. The van der Waals surface area contributed by atoms with Gasteiger partial charge in [0.15, 0.2) is 0 Å². The molecule has 1 aromatic rings.